The van der Waals surface area contributed by atoms with E-state index in [0.29, 0.717) is 0 Å². The van der Waals surface area contributed by atoms with Crippen LogP contribution in [0.25, 0.3) is 0 Å². The standard InChI is InChI=1S/C21H34N4O/c1-17(18(2)26)25-15-13-24(14-16-25)12-5-3-4-8-20-10-9-19-7-6-11-22-21(19)23-20/h9-10,17H,3-8,11-16H2,1-2H3,(H,22,23)/t17-/m0/s1. The third-order valence-corrected chi connectivity index (χ3v) is 5.90. The molecule has 0 amide bonds. The van der Waals surface area contributed by atoms with Gasteiger partial charge >= 0.3 is 0 Å². The third kappa shape index (κ3) is 5.27. The number of Topliss-reactive ketones (excluding diaryl/α,β-unsaturated/α-hetero) is 1. The van der Waals surface area contributed by atoms with Gasteiger partial charge in [0.1, 0.15) is 11.6 Å². The monoisotopic (exact) mass is 358 g/mol. The number of fused-ring (bicyclic) bond motifs is 1. The molecule has 1 aromatic rings. The minimum atomic E-state index is 0.0794. The summed E-state index contributed by atoms with van der Waals surface area (Å²) in [5, 5.41) is 3.42. The number of nitrogens with zero attached hydrogens (tertiary/aromatic N) is 3. The molecule has 0 saturated carbocycles. The molecule has 0 spiro atoms. The number of hydrogen-bond acceptors (Lipinski definition) is 5. The van der Waals surface area contributed by atoms with Gasteiger partial charge in [0, 0.05) is 38.4 Å². The van der Waals surface area contributed by atoms with Crippen LogP contribution in [0.2, 0.25) is 0 Å². The third-order valence-electron chi connectivity index (χ3n) is 5.90. The Morgan fingerprint density at radius 3 is 2.77 bits per heavy atom. The van der Waals surface area contributed by atoms with Crippen molar-refractivity contribution in [3.8, 4) is 0 Å². The van der Waals surface area contributed by atoms with Gasteiger partial charge in [-0.1, -0.05) is 12.5 Å². The number of unbranched alkanes of at least 4 members (excludes halogenated alkanes) is 2. The molecule has 1 fully saturated rings. The fraction of sp³-hybridized carbons (Fsp3) is 0.714. The Kier molecular flexibility index (Phi) is 7.03. The van der Waals surface area contributed by atoms with E-state index in [1.54, 1.807) is 6.92 Å². The molecule has 2 aliphatic rings. The number of rotatable bonds is 8. The van der Waals surface area contributed by atoms with Crippen molar-refractivity contribution in [2.45, 2.75) is 58.4 Å². The first-order valence-corrected chi connectivity index (χ1v) is 10.3. The van der Waals surface area contributed by atoms with Crippen molar-refractivity contribution in [2.75, 3.05) is 44.6 Å². The first-order chi connectivity index (χ1) is 12.6. The zero-order valence-electron chi connectivity index (χ0n) is 16.5. The van der Waals surface area contributed by atoms with Crippen LogP contribution in [0.1, 0.15) is 50.8 Å². The van der Waals surface area contributed by atoms with Crippen LogP contribution >= 0.6 is 0 Å². The number of carbonyl (C=O) groups is 1. The van der Waals surface area contributed by atoms with Gasteiger partial charge in [-0.2, -0.15) is 0 Å². The molecule has 0 aliphatic carbocycles. The first-order valence-electron chi connectivity index (χ1n) is 10.3. The summed E-state index contributed by atoms with van der Waals surface area (Å²) in [4.78, 5) is 21.1. The fourth-order valence-corrected chi connectivity index (χ4v) is 3.96. The molecule has 0 unspecified atom stereocenters. The minimum absolute atomic E-state index is 0.0794. The molecule has 26 heavy (non-hydrogen) atoms. The zero-order chi connectivity index (χ0) is 18.4. The minimum Gasteiger partial charge on any atom is -0.370 e. The van der Waals surface area contributed by atoms with Crippen molar-refractivity contribution in [2.24, 2.45) is 0 Å². The lowest BCUT2D eigenvalue weighted by molar-refractivity contribution is -0.122. The van der Waals surface area contributed by atoms with Gasteiger partial charge in [0.25, 0.3) is 0 Å². The lowest BCUT2D eigenvalue weighted by Gasteiger charge is -2.37. The highest BCUT2D eigenvalue weighted by atomic mass is 16.1. The van der Waals surface area contributed by atoms with Crippen LogP contribution in [0, 0.1) is 0 Å². The average Bonchev–Trinajstić information content (AvgIpc) is 2.67. The molecule has 144 valence electrons. The Labute approximate surface area is 158 Å². The lowest BCUT2D eigenvalue weighted by Crippen LogP contribution is -2.51. The number of ketones is 1. The molecule has 1 atom stereocenters. The van der Waals surface area contributed by atoms with Crippen molar-refractivity contribution >= 4 is 11.6 Å². The highest BCUT2D eigenvalue weighted by Gasteiger charge is 2.22. The van der Waals surface area contributed by atoms with E-state index >= 15 is 0 Å². The van der Waals surface area contributed by atoms with Gasteiger partial charge in [-0.3, -0.25) is 9.69 Å². The normalized spacial score (nSPS) is 19.6. The summed E-state index contributed by atoms with van der Waals surface area (Å²) in [6, 6.07) is 4.54. The molecule has 3 heterocycles. The summed E-state index contributed by atoms with van der Waals surface area (Å²) < 4.78 is 0. The summed E-state index contributed by atoms with van der Waals surface area (Å²) in [6.07, 6.45) is 7.19. The topological polar surface area (TPSA) is 48.5 Å². The molecule has 1 N–H and O–H groups in total. The van der Waals surface area contributed by atoms with Crippen LogP contribution in [0.5, 0.6) is 0 Å². The largest absolute Gasteiger partial charge is 0.370 e. The van der Waals surface area contributed by atoms with Gasteiger partial charge in [-0.05, 0) is 64.1 Å². The highest BCUT2D eigenvalue weighted by molar-refractivity contribution is 5.80. The first kappa shape index (κ1) is 19.3. The second kappa shape index (κ2) is 9.47. The number of aryl methyl sites for hydroxylation is 2. The van der Waals surface area contributed by atoms with Crippen LogP contribution in [-0.2, 0) is 17.6 Å². The van der Waals surface area contributed by atoms with Crippen LogP contribution < -0.4 is 5.32 Å². The van der Waals surface area contributed by atoms with Gasteiger partial charge in [0.15, 0.2) is 0 Å². The molecular formula is C21H34N4O. The van der Waals surface area contributed by atoms with Crippen molar-refractivity contribution < 1.29 is 4.79 Å². The molecule has 1 aromatic heterocycles. The predicted octanol–water partition coefficient (Wildman–Crippen LogP) is 2.75. The van der Waals surface area contributed by atoms with Crippen LogP contribution in [0.3, 0.4) is 0 Å². The van der Waals surface area contributed by atoms with Crippen molar-refractivity contribution in [3.63, 3.8) is 0 Å². The van der Waals surface area contributed by atoms with Gasteiger partial charge < -0.3 is 10.2 Å². The maximum Gasteiger partial charge on any atom is 0.146 e. The molecule has 3 rings (SSSR count). The second-order valence-corrected chi connectivity index (χ2v) is 7.82. The second-order valence-electron chi connectivity index (χ2n) is 7.82. The number of carbonyl (C=O) groups excluding carboxylic acids is 1. The SMILES string of the molecule is CC(=O)[C@H](C)N1CCN(CCCCCc2ccc3c(n2)NCCC3)CC1. The molecule has 0 aromatic carbocycles. The summed E-state index contributed by atoms with van der Waals surface area (Å²) >= 11 is 0. The number of anilines is 1. The van der Waals surface area contributed by atoms with E-state index in [2.05, 4.69) is 27.2 Å². The number of hydrogen-bond donors (Lipinski definition) is 1. The number of nitrogens with one attached hydrogen (secondary N) is 1. The Bertz CT molecular complexity index is 596. The van der Waals surface area contributed by atoms with Crippen LogP contribution in [0.4, 0.5) is 5.82 Å². The van der Waals surface area contributed by atoms with E-state index < -0.39 is 0 Å². The molecule has 1 saturated heterocycles. The number of piperazine rings is 1. The van der Waals surface area contributed by atoms with Crippen molar-refractivity contribution in [1.82, 2.24) is 14.8 Å². The predicted molar refractivity (Wildman–Crippen MR) is 107 cm³/mol. The zero-order valence-corrected chi connectivity index (χ0v) is 16.5. The summed E-state index contributed by atoms with van der Waals surface area (Å²) in [6.45, 7) is 10.2. The molecular weight excluding hydrogens is 324 g/mol. The molecule has 0 radical (unpaired) electrons. The van der Waals surface area contributed by atoms with Gasteiger partial charge in [0.05, 0.1) is 6.04 Å². The Hall–Kier alpha value is -1.46. The Balaban J connectivity index is 1.30. The van der Waals surface area contributed by atoms with Crippen LogP contribution in [0.15, 0.2) is 12.1 Å². The molecule has 2 aliphatic heterocycles. The Morgan fingerprint density at radius 2 is 2.00 bits per heavy atom. The van der Waals surface area contributed by atoms with E-state index in [-0.39, 0.29) is 11.8 Å². The smallest absolute Gasteiger partial charge is 0.146 e. The van der Waals surface area contributed by atoms with Crippen molar-refractivity contribution in [1.29, 1.82) is 0 Å². The van der Waals surface area contributed by atoms with Crippen LogP contribution in [-0.4, -0.2) is 65.9 Å². The van der Waals surface area contributed by atoms with E-state index in [4.69, 9.17) is 4.98 Å². The van der Waals surface area contributed by atoms with Crippen molar-refractivity contribution in [3.05, 3.63) is 23.4 Å². The average molecular weight is 359 g/mol. The van der Waals surface area contributed by atoms with E-state index in [0.717, 1.165) is 51.4 Å². The fourth-order valence-electron chi connectivity index (χ4n) is 3.96. The Morgan fingerprint density at radius 1 is 1.19 bits per heavy atom. The molecule has 5 nitrogen and oxygen atoms in total. The molecule has 0 bridgehead atoms. The summed E-state index contributed by atoms with van der Waals surface area (Å²) in [5.74, 6) is 1.40. The van der Waals surface area contributed by atoms with E-state index in [1.807, 2.05) is 6.92 Å². The van der Waals surface area contributed by atoms with Gasteiger partial charge in [-0.25, -0.2) is 4.98 Å². The maximum absolute atomic E-state index is 11.5. The summed E-state index contributed by atoms with van der Waals surface area (Å²) in [5.41, 5.74) is 2.60. The van der Waals surface area contributed by atoms with Gasteiger partial charge in [0.2, 0.25) is 0 Å². The number of aromatic nitrogens is 1. The highest BCUT2D eigenvalue weighted by Crippen LogP contribution is 2.20. The van der Waals surface area contributed by atoms with E-state index in [1.165, 1.54) is 43.5 Å². The van der Waals surface area contributed by atoms with E-state index in [9.17, 15) is 4.79 Å². The lowest BCUT2D eigenvalue weighted by atomic mass is 10.1. The van der Waals surface area contributed by atoms with Gasteiger partial charge in [-0.15, -0.1) is 0 Å². The summed E-state index contributed by atoms with van der Waals surface area (Å²) in [7, 11) is 0. The molecule has 5 heteroatoms. The quantitative estimate of drug-likeness (QED) is 0.724. The maximum atomic E-state index is 11.5. The number of pyridine rings is 1.